The van der Waals surface area contributed by atoms with Gasteiger partial charge < -0.3 is 19.9 Å². The minimum Gasteiger partial charge on any atom is -0.452 e. The van der Waals surface area contributed by atoms with Crippen molar-refractivity contribution in [1.82, 2.24) is 15.0 Å². The SMILES string of the molecule is Cc1cc(CSc2ncccc2C(=O)OCC(=O)N2CCC[C@H](C(N)=O)C2)no1. The van der Waals surface area contributed by atoms with E-state index in [-0.39, 0.29) is 23.9 Å². The number of thioether (sulfide) groups is 1. The zero-order valence-corrected chi connectivity index (χ0v) is 16.8. The van der Waals surface area contributed by atoms with Gasteiger partial charge in [-0.3, -0.25) is 9.59 Å². The molecule has 1 aliphatic heterocycles. The van der Waals surface area contributed by atoms with E-state index in [4.69, 9.17) is 15.0 Å². The number of carbonyl (C=O) groups is 3. The quantitative estimate of drug-likeness (QED) is 0.530. The molecule has 0 aromatic carbocycles. The summed E-state index contributed by atoms with van der Waals surface area (Å²) in [6, 6.07) is 5.04. The van der Waals surface area contributed by atoms with Crippen molar-refractivity contribution < 1.29 is 23.6 Å². The van der Waals surface area contributed by atoms with Crippen LogP contribution in [-0.4, -0.2) is 52.5 Å². The number of esters is 1. The lowest BCUT2D eigenvalue weighted by atomic mass is 9.97. The monoisotopic (exact) mass is 418 g/mol. The third-order valence-corrected chi connectivity index (χ3v) is 5.57. The molecule has 0 radical (unpaired) electrons. The number of hydrogen-bond acceptors (Lipinski definition) is 8. The number of amides is 2. The number of likely N-dealkylation sites (tertiary alicyclic amines) is 1. The van der Waals surface area contributed by atoms with Crippen molar-refractivity contribution in [1.29, 1.82) is 0 Å². The maximum absolute atomic E-state index is 12.5. The highest BCUT2D eigenvalue weighted by atomic mass is 32.2. The molecule has 2 amide bonds. The van der Waals surface area contributed by atoms with Gasteiger partial charge in [0.2, 0.25) is 5.91 Å². The molecule has 2 aromatic heterocycles. The van der Waals surface area contributed by atoms with Crippen molar-refractivity contribution in [2.75, 3.05) is 19.7 Å². The summed E-state index contributed by atoms with van der Waals surface area (Å²) in [5, 5.41) is 4.40. The molecular formula is C19H22N4O5S. The third kappa shape index (κ3) is 5.57. The summed E-state index contributed by atoms with van der Waals surface area (Å²) in [5.41, 5.74) is 6.35. The minimum atomic E-state index is -0.631. The summed E-state index contributed by atoms with van der Waals surface area (Å²) < 4.78 is 10.2. The Bertz CT molecular complexity index is 900. The molecule has 0 spiro atoms. The molecule has 1 saturated heterocycles. The van der Waals surface area contributed by atoms with Crippen LogP contribution in [0.15, 0.2) is 33.9 Å². The lowest BCUT2D eigenvalue weighted by Gasteiger charge is -2.31. The second kappa shape index (κ2) is 9.55. The highest BCUT2D eigenvalue weighted by molar-refractivity contribution is 7.98. The van der Waals surface area contributed by atoms with E-state index in [0.29, 0.717) is 35.9 Å². The van der Waals surface area contributed by atoms with Gasteiger partial charge in [0.15, 0.2) is 6.61 Å². The van der Waals surface area contributed by atoms with Gasteiger partial charge >= 0.3 is 5.97 Å². The first-order valence-corrected chi connectivity index (χ1v) is 10.2. The first-order valence-electron chi connectivity index (χ1n) is 9.18. The van der Waals surface area contributed by atoms with Gasteiger partial charge in [0.25, 0.3) is 5.91 Å². The van der Waals surface area contributed by atoms with Gasteiger partial charge in [-0.05, 0) is 31.9 Å². The molecule has 0 saturated carbocycles. The average molecular weight is 418 g/mol. The number of nitrogens with two attached hydrogens (primary N) is 1. The van der Waals surface area contributed by atoms with Crippen molar-refractivity contribution in [3.8, 4) is 0 Å². The van der Waals surface area contributed by atoms with Crippen LogP contribution >= 0.6 is 11.8 Å². The van der Waals surface area contributed by atoms with E-state index in [0.717, 1.165) is 5.69 Å². The molecule has 0 unspecified atom stereocenters. The molecule has 1 fully saturated rings. The van der Waals surface area contributed by atoms with Crippen LogP contribution in [0.1, 0.15) is 34.7 Å². The number of primary amides is 1. The molecule has 2 N–H and O–H groups in total. The van der Waals surface area contributed by atoms with E-state index in [1.54, 1.807) is 25.3 Å². The van der Waals surface area contributed by atoms with Gasteiger partial charge in [0, 0.05) is 31.1 Å². The van der Waals surface area contributed by atoms with Crippen molar-refractivity contribution >= 4 is 29.5 Å². The summed E-state index contributed by atoms with van der Waals surface area (Å²) >= 11 is 1.33. The molecule has 0 bridgehead atoms. The van der Waals surface area contributed by atoms with Gasteiger partial charge in [0.1, 0.15) is 10.8 Å². The fourth-order valence-electron chi connectivity index (χ4n) is 3.02. The number of hydrogen-bond donors (Lipinski definition) is 1. The summed E-state index contributed by atoms with van der Waals surface area (Å²) in [6.45, 7) is 2.18. The number of nitrogens with zero attached hydrogens (tertiary/aromatic N) is 3. The molecule has 2 aromatic rings. The van der Waals surface area contributed by atoms with Crippen LogP contribution in [0.4, 0.5) is 0 Å². The summed E-state index contributed by atoms with van der Waals surface area (Å²) in [4.78, 5) is 41.9. The predicted octanol–water partition coefficient (Wildman–Crippen LogP) is 1.55. The van der Waals surface area contributed by atoms with E-state index < -0.39 is 18.5 Å². The van der Waals surface area contributed by atoms with Gasteiger partial charge in [-0.25, -0.2) is 9.78 Å². The minimum absolute atomic E-state index is 0.261. The van der Waals surface area contributed by atoms with Crippen LogP contribution in [0.3, 0.4) is 0 Å². The van der Waals surface area contributed by atoms with Crippen LogP contribution in [0, 0.1) is 12.8 Å². The summed E-state index contributed by atoms with van der Waals surface area (Å²) in [6.07, 6.45) is 2.94. The Balaban J connectivity index is 1.56. The van der Waals surface area contributed by atoms with Crippen LogP contribution in [0.5, 0.6) is 0 Å². The van der Waals surface area contributed by atoms with Crippen molar-refractivity contribution in [3.63, 3.8) is 0 Å². The van der Waals surface area contributed by atoms with Crippen molar-refractivity contribution in [2.45, 2.75) is 30.5 Å². The number of ether oxygens (including phenoxy) is 1. The van der Waals surface area contributed by atoms with Crippen molar-refractivity contribution in [3.05, 3.63) is 41.4 Å². The Hall–Kier alpha value is -2.88. The fraction of sp³-hybridized carbons (Fsp3) is 0.421. The molecular weight excluding hydrogens is 396 g/mol. The second-order valence-electron chi connectivity index (χ2n) is 6.73. The number of piperidine rings is 1. The molecule has 1 aliphatic rings. The van der Waals surface area contributed by atoms with E-state index >= 15 is 0 Å². The van der Waals surface area contributed by atoms with Crippen LogP contribution in [0.25, 0.3) is 0 Å². The zero-order valence-electron chi connectivity index (χ0n) is 16.0. The van der Waals surface area contributed by atoms with Gasteiger partial charge in [-0.15, -0.1) is 0 Å². The smallest absolute Gasteiger partial charge is 0.341 e. The highest BCUT2D eigenvalue weighted by Crippen LogP contribution is 2.24. The Morgan fingerprint density at radius 2 is 2.24 bits per heavy atom. The number of aryl methyl sites for hydroxylation is 1. The van der Waals surface area contributed by atoms with Crippen LogP contribution < -0.4 is 5.73 Å². The molecule has 154 valence electrons. The van der Waals surface area contributed by atoms with Crippen LogP contribution in [-0.2, 0) is 20.1 Å². The van der Waals surface area contributed by atoms with E-state index in [1.807, 2.05) is 6.07 Å². The summed E-state index contributed by atoms with van der Waals surface area (Å²) in [7, 11) is 0. The Morgan fingerprint density at radius 3 is 2.97 bits per heavy atom. The highest BCUT2D eigenvalue weighted by Gasteiger charge is 2.27. The maximum atomic E-state index is 12.5. The van der Waals surface area contributed by atoms with E-state index in [1.165, 1.54) is 16.7 Å². The first-order chi connectivity index (χ1) is 13.9. The molecule has 3 rings (SSSR count). The standard InChI is InChI=1S/C19H22N4O5S/c1-12-8-14(22-28-12)11-29-18-15(5-2-6-21-18)19(26)27-10-16(24)23-7-3-4-13(9-23)17(20)25/h2,5-6,8,13H,3-4,7,9-11H2,1H3,(H2,20,25)/t13-/m0/s1. The number of pyridine rings is 1. The number of aromatic nitrogens is 2. The molecule has 10 heteroatoms. The third-order valence-electron chi connectivity index (χ3n) is 4.53. The van der Waals surface area contributed by atoms with Crippen molar-refractivity contribution in [2.24, 2.45) is 11.7 Å². The molecule has 1 atom stereocenters. The molecule has 9 nitrogen and oxygen atoms in total. The summed E-state index contributed by atoms with van der Waals surface area (Å²) in [5.74, 6) is -0.565. The van der Waals surface area contributed by atoms with E-state index in [9.17, 15) is 14.4 Å². The van der Waals surface area contributed by atoms with Gasteiger partial charge in [-0.2, -0.15) is 0 Å². The lowest BCUT2D eigenvalue weighted by molar-refractivity contribution is -0.137. The maximum Gasteiger partial charge on any atom is 0.341 e. The zero-order chi connectivity index (χ0) is 20.8. The fourth-order valence-corrected chi connectivity index (χ4v) is 3.88. The largest absolute Gasteiger partial charge is 0.452 e. The topological polar surface area (TPSA) is 129 Å². The normalized spacial score (nSPS) is 16.4. The Labute approximate surface area is 172 Å². The Morgan fingerprint density at radius 1 is 1.41 bits per heavy atom. The van der Waals surface area contributed by atoms with Crippen LogP contribution in [0.2, 0.25) is 0 Å². The second-order valence-corrected chi connectivity index (χ2v) is 7.70. The average Bonchev–Trinajstić information content (AvgIpc) is 3.15. The molecule has 0 aliphatic carbocycles. The van der Waals surface area contributed by atoms with E-state index in [2.05, 4.69) is 10.1 Å². The molecule has 3 heterocycles. The number of carbonyl (C=O) groups excluding carboxylic acids is 3. The molecule has 29 heavy (non-hydrogen) atoms. The van der Waals surface area contributed by atoms with Gasteiger partial charge in [0.05, 0.1) is 17.2 Å². The lowest BCUT2D eigenvalue weighted by Crippen LogP contribution is -2.45. The van der Waals surface area contributed by atoms with Gasteiger partial charge in [-0.1, -0.05) is 16.9 Å². The number of rotatable bonds is 7. The Kier molecular flexibility index (Phi) is 6.86. The predicted molar refractivity (Wildman–Crippen MR) is 104 cm³/mol. The first kappa shape index (κ1) is 20.8.